The molecule has 2 aliphatic rings. The fourth-order valence-electron chi connectivity index (χ4n) is 2.25. The quantitative estimate of drug-likeness (QED) is 0.550. The van der Waals surface area contributed by atoms with Crippen LogP contribution < -0.4 is 10.6 Å². The van der Waals surface area contributed by atoms with Crippen molar-refractivity contribution in [3.63, 3.8) is 0 Å². The van der Waals surface area contributed by atoms with Crippen molar-refractivity contribution < 1.29 is 4.79 Å². The zero-order chi connectivity index (χ0) is 8.44. The first-order valence-corrected chi connectivity index (χ1v) is 4.87. The van der Waals surface area contributed by atoms with Crippen molar-refractivity contribution in [1.29, 1.82) is 0 Å². The summed E-state index contributed by atoms with van der Waals surface area (Å²) in [5.41, 5.74) is -0.184. The zero-order valence-electron chi connectivity index (χ0n) is 7.36. The van der Waals surface area contributed by atoms with Gasteiger partial charge in [-0.3, -0.25) is 4.79 Å². The summed E-state index contributed by atoms with van der Waals surface area (Å²) in [4.78, 5) is 11.7. The van der Waals surface area contributed by atoms with E-state index in [1.807, 2.05) is 0 Å². The van der Waals surface area contributed by atoms with E-state index in [0.29, 0.717) is 0 Å². The van der Waals surface area contributed by atoms with Crippen LogP contribution >= 0.6 is 0 Å². The van der Waals surface area contributed by atoms with Crippen LogP contribution in [0, 0.1) is 0 Å². The van der Waals surface area contributed by atoms with Crippen molar-refractivity contribution in [2.75, 3.05) is 13.1 Å². The summed E-state index contributed by atoms with van der Waals surface area (Å²) in [6.45, 7) is 1.83. The van der Waals surface area contributed by atoms with Crippen molar-refractivity contribution >= 4 is 5.91 Å². The van der Waals surface area contributed by atoms with Crippen LogP contribution in [-0.2, 0) is 4.79 Å². The molecule has 0 aromatic heterocycles. The molecule has 3 nitrogen and oxygen atoms in total. The van der Waals surface area contributed by atoms with Gasteiger partial charge in [0.05, 0.1) is 5.54 Å². The molecule has 68 valence electrons. The number of hydrogen-bond acceptors (Lipinski definition) is 2. The van der Waals surface area contributed by atoms with E-state index < -0.39 is 0 Å². The number of nitrogens with one attached hydrogen (secondary N) is 2. The molecule has 0 unspecified atom stereocenters. The van der Waals surface area contributed by atoms with Gasteiger partial charge in [-0.2, -0.15) is 0 Å². The topological polar surface area (TPSA) is 41.1 Å². The van der Waals surface area contributed by atoms with Crippen LogP contribution in [0.25, 0.3) is 0 Å². The highest BCUT2D eigenvalue weighted by molar-refractivity contribution is 5.86. The Balaban J connectivity index is 2.13. The molecule has 1 aliphatic heterocycles. The van der Waals surface area contributed by atoms with Gasteiger partial charge < -0.3 is 10.6 Å². The first kappa shape index (κ1) is 8.05. The SMILES string of the molecule is O=C1NCCCNC12CCCC2. The average Bonchev–Trinajstić information content (AvgIpc) is 2.45. The molecule has 0 radical (unpaired) electrons. The molecule has 0 aromatic rings. The molecular weight excluding hydrogens is 152 g/mol. The second kappa shape index (κ2) is 3.05. The molecule has 3 heteroatoms. The van der Waals surface area contributed by atoms with Crippen molar-refractivity contribution in [3.05, 3.63) is 0 Å². The van der Waals surface area contributed by atoms with Crippen molar-refractivity contribution in [3.8, 4) is 0 Å². The first-order chi connectivity index (χ1) is 5.83. The average molecular weight is 168 g/mol. The van der Waals surface area contributed by atoms with E-state index in [1.165, 1.54) is 12.8 Å². The summed E-state index contributed by atoms with van der Waals surface area (Å²) >= 11 is 0. The zero-order valence-corrected chi connectivity index (χ0v) is 7.36. The number of rotatable bonds is 0. The number of carbonyl (C=O) groups is 1. The molecule has 1 heterocycles. The minimum absolute atomic E-state index is 0.184. The highest BCUT2D eigenvalue weighted by atomic mass is 16.2. The minimum Gasteiger partial charge on any atom is -0.354 e. The van der Waals surface area contributed by atoms with Gasteiger partial charge in [-0.25, -0.2) is 0 Å². The second-order valence-corrected chi connectivity index (χ2v) is 3.83. The van der Waals surface area contributed by atoms with Crippen LogP contribution in [0.3, 0.4) is 0 Å². The molecule has 0 aromatic carbocycles. The standard InChI is InChI=1S/C9H16N2O/c12-8-9(4-1-2-5-9)11-7-3-6-10-8/h11H,1-7H2,(H,10,12). The Morgan fingerprint density at radius 3 is 2.58 bits per heavy atom. The predicted octanol–water partition coefficient (Wildman–Crippen LogP) is 0.409. The van der Waals surface area contributed by atoms with E-state index >= 15 is 0 Å². The fraction of sp³-hybridized carbons (Fsp3) is 0.889. The highest BCUT2D eigenvalue weighted by Gasteiger charge is 2.41. The second-order valence-electron chi connectivity index (χ2n) is 3.83. The number of hydrogen-bond donors (Lipinski definition) is 2. The summed E-state index contributed by atoms with van der Waals surface area (Å²) in [5, 5.41) is 6.37. The van der Waals surface area contributed by atoms with Gasteiger partial charge >= 0.3 is 0 Å². The molecule has 1 saturated carbocycles. The summed E-state index contributed by atoms with van der Waals surface area (Å²) in [6, 6.07) is 0. The molecule has 0 atom stereocenters. The van der Waals surface area contributed by atoms with E-state index in [9.17, 15) is 4.79 Å². The smallest absolute Gasteiger partial charge is 0.240 e. The summed E-state index contributed by atoms with van der Waals surface area (Å²) in [6.07, 6.45) is 5.51. The monoisotopic (exact) mass is 168 g/mol. The van der Waals surface area contributed by atoms with Crippen LogP contribution in [0.1, 0.15) is 32.1 Å². The van der Waals surface area contributed by atoms with E-state index in [2.05, 4.69) is 10.6 Å². The lowest BCUT2D eigenvalue weighted by Gasteiger charge is -2.26. The minimum atomic E-state index is -0.184. The van der Waals surface area contributed by atoms with Crippen LogP contribution in [0.4, 0.5) is 0 Å². The Kier molecular flexibility index (Phi) is 2.05. The highest BCUT2D eigenvalue weighted by Crippen LogP contribution is 2.30. The van der Waals surface area contributed by atoms with E-state index in [0.717, 1.165) is 32.4 Å². The first-order valence-electron chi connectivity index (χ1n) is 4.87. The van der Waals surface area contributed by atoms with Gasteiger partial charge in [-0.1, -0.05) is 12.8 Å². The van der Waals surface area contributed by atoms with Crippen LogP contribution in [0.15, 0.2) is 0 Å². The van der Waals surface area contributed by atoms with Gasteiger partial charge in [0.2, 0.25) is 5.91 Å². The molecule has 0 bridgehead atoms. The van der Waals surface area contributed by atoms with Crippen molar-refractivity contribution in [1.82, 2.24) is 10.6 Å². The maximum atomic E-state index is 11.7. The predicted molar refractivity (Wildman–Crippen MR) is 46.8 cm³/mol. The number of carbonyl (C=O) groups excluding carboxylic acids is 1. The molecule has 1 amide bonds. The molecule has 2 N–H and O–H groups in total. The van der Waals surface area contributed by atoms with Gasteiger partial charge in [0, 0.05) is 6.54 Å². The maximum absolute atomic E-state index is 11.7. The van der Waals surface area contributed by atoms with Crippen LogP contribution in [0.2, 0.25) is 0 Å². The normalized spacial score (nSPS) is 28.5. The van der Waals surface area contributed by atoms with Crippen molar-refractivity contribution in [2.24, 2.45) is 0 Å². The molecule has 1 saturated heterocycles. The Hall–Kier alpha value is -0.570. The van der Waals surface area contributed by atoms with Gasteiger partial charge in [0.15, 0.2) is 0 Å². The third kappa shape index (κ3) is 1.22. The largest absolute Gasteiger partial charge is 0.354 e. The van der Waals surface area contributed by atoms with E-state index in [-0.39, 0.29) is 11.4 Å². The number of amides is 1. The van der Waals surface area contributed by atoms with E-state index in [4.69, 9.17) is 0 Å². The van der Waals surface area contributed by atoms with Gasteiger partial charge in [-0.05, 0) is 25.8 Å². The van der Waals surface area contributed by atoms with Gasteiger partial charge in [0.1, 0.15) is 0 Å². The summed E-state index contributed by atoms with van der Waals surface area (Å²) in [5.74, 6) is 0.234. The Morgan fingerprint density at radius 2 is 1.83 bits per heavy atom. The Morgan fingerprint density at radius 1 is 1.08 bits per heavy atom. The lowest BCUT2D eigenvalue weighted by Crippen LogP contribution is -2.52. The maximum Gasteiger partial charge on any atom is 0.240 e. The Bertz CT molecular complexity index is 185. The molecule has 2 fully saturated rings. The Labute approximate surface area is 72.9 Å². The van der Waals surface area contributed by atoms with Gasteiger partial charge in [0.25, 0.3) is 0 Å². The molecular formula is C9H16N2O. The van der Waals surface area contributed by atoms with Crippen LogP contribution in [-0.4, -0.2) is 24.5 Å². The fourth-order valence-corrected chi connectivity index (χ4v) is 2.25. The van der Waals surface area contributed by atoms with E-state index in [1.54, 1.807) is 0 Å². The lowest BCUT2D eigenvalue weighted by molar-refractivity contribution is -0.126. The molecule has 1 spiro atoms. The third-order valence-electron chi connectivity index (χ3n) is 2.99. The van der Waals surface area contributed by atoms with Crippen molar-refractivity contribution in [2.45, 2.75) is 37.6 Å². The molecule has 12 heavy (non-hydrogen) atoms. The van der Waals surface area contributed by atoms with Crippen LogP contribution in [0.5, 0.6) is 0 Å². The summed E-state index contributed by atoms with van der Waals surface area (Å²) < 4.78 is 0. The van der Waals surface area contributed by atoms with Gasteiger partial charge in [-0.15, -0.1) is 0 Å². The summed E-state index contributed by atoms with van der Waals surface area (Å²) in [7, 11) is 0. The third-order valence-corrected chi connectivity index (χ3v) is 2.99. The lowest BCUT2D eigenvalue weighted by atomic mass is 9.97. The molecule has 2 rings (SSSR count). The molecule has 1 aliphatic carbocycles.